The summed E-state index contributed by atoms with van der Waals surface area (Å²) in [4.78, 5) is 137. The molecule has 4 saturated carbocycles. The highest BCUT2D eigenvalue weighted by Crippen LogP contribution is 2.58. The van der Waals surface area contributed by atoms with Crippen molar-refractivity contribution in [2.75, 3.05) is 13.1 Å². The first kappa shape index (κ1) is 81.5. The third kappa shape index (κ3) is 18.1. The predicted molar refractivity (Wildman–Crippen MR) is 402 cm³/mol. The Morgan fingerprint density at radius 1 is 0.649 bits per heavy atom. The summed E-state index contributed by atoms with van der Waals surface area (Å²) < 4.78 is 25.7. The van der Waals surface area contributed by atoms with Gasteiger partial charge in [-0.15, -0.1) is 0 Å². The summed E-state index contributed by atoms with van der Waals surface area (Å²) >= 11 is 14.3. The smallest absolute Gasteiger partial charge is 0.321 e. The van der Waals surface area contributed by atoms with Crippen molar-refractivity contribution in [1.29, 1.82) is 0 Å². The van der Waals surface area contributed by atoms with E-state index in [4.69, 9.17) is 47.9 Å². The Labute approximate surface area is 651 Å². The topological polar surface area (TPSA) is 451 Å². The van der Waals surface area contributed by atoms with Crippen molar-refractivity contribution >= 4 is 76.1 Å². The molecule has 14 atom stereocenters. The maximum absolute atomic E-state index is 16.5. The standard InChI is InChI=1S/C81H97Cl2N7O21/c1-5-7-8-9-10-17-85-81(107)86-64(97)30-46-27-56(94)68(89-76(103)39(6-2)18-36(3)4)70(98)41-12-15-59(52(82)25-41)108-61-28-45-29-62(75(61)111-80-74(102)73(101)72(100)63(35-84)110-80)109-60-16-13-42(26-53(60)83)71(99)69-79(106)88-67(58(96)33-48-43-20-37-19-38(22-43)23-44(48)21-37)51-31-47(91)32-55(93)65(51)50-24-40(11-14-54(50)92)49(78(105)90-69)34-57(95)66(45)87-77(46)104/h11-16,24-26,28-29,31-32,36-39,43-44,46,48-49,63,66-74,80,91-93,98-102H,5-10,17-23,27,30,33-35,84H2,1-4H3,(H,87,104)(H,88,106)(H,89,103)(H,90,105)(H2,85,86,97,107)/t37?,38?,39-,43?,44?,46+,48?,49-,63-,66?,67+,68+,69+,70-,71-,72-,73+,74-,80+/m1/s1. The van der Waals surface area contributed by atoms with Crippen LogP contribution in [0.1, 0.15) is 188 Å². The second-order valence-electron chi connectivity index (χ2n) is 31.3. The van der Waals surface area contributed by atoms with Gasteiger partial charge < -0.3 is 92.1 Å². The fourth-order valence-electron chi connectivity index (χ4n) is 17.4. The first-order valence-electron chi connectivity index (χ1n) is 38.3. The van der Waals surface area contributed by atoms with Gasteiger partial charge in [-0.1, -0.05) is 94.8 Å². The maximum atomic E-state index is 16.5. The maximum Gasteiger partial charge on any atom is 0.321 e. The number of ketones is 3. The molecule has 28 nitrogen and oxygen atoms in total. The number of carbonyl (C=O) groups excluding carboxylic acids is 9. The van der Waals surface area contributed by atoms with E-state index in [9.17, 15) is 55.2 Å². The highest BCUT2D eigenvalue weighted by Gasteiger charge is 2.51. The lowest BCUT2D eigenvalue weighted by Crippen LogP contribution is -2.60. The first-order chi connectivity index (χ1) is 53.0. The molecule has 7 amide bonds. The lowest BCUT2D eigenvalue weighted by Gasteiger charge is -2.54. The van der Waals surface area contributed by atoms with Gasteiger partial charge in [-0.3, -0.25) is 43.7 Å². The van der Waals surface area contributed by atoms with E-state index in [1.54, 1.807) is 6.92 Å². The van der Waals surface area contributed by atoms with Crippen molar-refractivity contribution < 1.29 is 103 Å². The predicted octanol–water partition coefficient (Wildman–Crippen LogP) is 8.51. The summed E-state index contributed by atoms with van der Waals surface area (Å²) in [5.74, 6) is -15.3. The summed E-state index contributed by atoms with van der Waals surface area (Å²) in [6.07, 6.45) is -6.78. The number of hydrogen-bond acceptors (Lipinski definition) is 22. The molecule has 111 heavy (non-hydrogen) atoms. The summed E-state index contributed by atoms with van der Waals surface area (Å²) in [6, 6.07) is 6.53. The number of aromatic hydroxyl groups is 3. The SMILES string of the molecule is CCCCCCCNC(=O)NC(=O)C[C@@H]1CC(=O)[C@H](NC(=O)[C@H](CC)CC(C)C)[C@H](O)c2ccc(c(Cl)c2)Oc2cc3cc(c2O[C@@H]2O[C@H](CN)[C@@H](O)[C@H](O)[C@H]2O)Oc2ccc(cc2Cl)[C@@H](O)[C@@H]2NC(=O)[C@H](CC(=O)C3NC1=O)c1ccc(O)c(c1)-c1c(O)cc(O)cc1[C@@H](C(=O)CC1C3CC4CC(C3)CC1C4)NC2=O. The van der Waals surface area contributed by atoms with Crippen LogP contribution in [0.2, 0.25) is 10.0 Å². The van der Waals surface area contributed by atoms with Gasteiger partial charge in [0, 0.05) is 61.9 Å². The number of phenols is 3. The van der Waals surface area contributed by atoms with E-state index in [0.29, 0.717) is 31.1 Å². The van der Waals surface area contributed by atoms with Crippen molar-refractivity contribution in [1.82, 2.24) is 31.9 Å². The highest BCUT2D eigenvalue weighted by molar-refractivity contribution is 6.32. The van der Waals surface area contributed by atoms with Crippen molar-refractivity contribution in [3.8, 4) is 57.1 Å². The average molecular weight is 1580 g/mol. The molecule has 16 N–H and O–H groups in total. The third-order valence-corrected chi connectivity index (χ3v) is 23.6. The van der Waals surface area contributed by atoms with Crippen molar-refractivity contribution in [2.45, 2.75) is 203 Å². The lowest BCUT2D eigenvalue weighted by molar-refractivity contribution is -0.270. The molecule has 0 spiro atoms. The zero-order valence-corrected chi connectivity index (χ0v) is 63.5. The zero-order chi connectivity index (χ0) is 79.5. The fourth-order valence-corrected chi connectivity index (χ4v) is 17.9. The van der Waals surface area contributed by atoms with E-state index >= 15 is 28.8 Å². The fraction of sp³-hybridized carbons (Fsp3) is 0.519. The Hall–Kier alpha value is -8.97. The van der Waals surface area contributed by atoms with Gasteiger partial charge in [0.05, 0.1) is 21.9 Å². The molecule has 6 aliphatic heterocycles. The third-order valence-electron chi connectivity index (χ3n) is 23.0. The number of aliphatic hydroxyl groups excluding tert-OH is 5. The molecule has 5 fully saturated rings. The summed E-state index contributed by atoms with van der Waals surface area (Å²) in [5, 5.41) is 110. The van der Waals surface area contributed by atoms with Gasteiger partial charge in [-0.05, 0) is 169 Å². The number of amides is 7. The minimum Gasteiger partial charge on any atom is -0.508 e. The lowest BCUT2D eigenvalue weighted by atomic mass is 9.51. The number of aliphatic hydroxyl groups is 5. The van der Waals surface area contributed by atoms with Crippen LogP contribution < -0.4 is 51.8 Å². The number of fused-ring (bicyclic) bond motifs is 15. The number of phenolic OH excluding ortho intramolecular Hbond substituents is 3. The number of carbonyl (C=O) groups is 9. The Morgan fingerprint density at radius 3 is 1.91 bits per heavy atom. The summed E-state index contributed by atoms with van der Waals surface area (Å²) in [5.41, 5.74) is 4.56. The second-order valence-corrected chi connectivity index (χ2v) is 32.1. The minimum atomic E-state index is -2.17. The molecule has 30 heteroatoms. The Balaban J connectivity index is 1.05. The molecule has 1 saturated heterocycles. The van der Waals surface area contributed by atoms with Crippen molar-refractivity contribution in [2.24, 2.45) is 53.1 Å². The average Bonchev–Trinajstić information content (AvgIpc) is 0.789. The van der Waals surface area contributed by atoms with Crippen LogP contribution in [0.25, 0.3) is 11.1 Å². The first-order valence-corrected chi connectivity index (χ1v) is 39.1. The van der Waals surface area contributed by atoms with Crippen molar-refractivity contribution in [3.63, 3.8) is 0 Å². The highest BCUT2D eigenvalue weighted by atomic mass is 35.5. The van der Waals surface area contributed by atoms with E-state index in [0.717, 1.165) is 88.1 Å². The van der Waals surface area contributed by atoms with Gasteiger partial charge in [0.15, 0.2) is 28.8 Å². The van der Waals surface area contributed by atoms with Gasteiger partial charge in [0.2, 0.25) is 41.6 Å². The van der Waals surface area contributed by atoms with Crippen LogP contribution in [0.4, 0.5) is 4.79 Å². The van der Waals surface area contributed by atoms with E-state index in [1.807, 2.05) is 20.8 Å². The Bertz CT molecular complexity index is 4360. The molecule has 5 aromatic carbocycles. The number of Topliss-reactive ketones (excluding diaryl/α,β-unsaturated/α-hetero) is 3. The Morgan fingerprint density at radius 2 is 1.29 bits per heavy atom. The number of halogens is 2. The van der Waals surface area contributed by atoms with E-state index in [1.165, 1.54) is 48.5 Å². The van der Waals surface area contributed by atoms with Crippen LogP contribution in [0.5, 0.6) is 46.0 Å². The number of nitrogens with one attached hydrogen (secondary N) is 6. The van der Waals surface area contributed by atoms with Crippen LogP contribution in [0, 0.1) is 47.3 Å². The molecular formula is C81H97Cl2N7O21. The normalized spacial score (nSPS) is 28.7. The van der Waals surface area contributed by atoms with Crippen LogP contribution >= 0.6 is 23.2 Å². The molecule has 6 heterocycles. The van der Waals surface area contributed by atoms with E-state index in [2.05, 4.69) is 31.9 Å². The van der Waals surface area contributed by atoms with E-state index in [-0.39, 0.29) is 97.1 Å². The van der Waals surface area contributed by atoms with Gasteiger partial charge in [-0.2, -0.15) is 0 Å². The van der Waals surface area contributed by atoms with Crippen LogP contribution in [0.15, 0.2) is 78.9 Å². The molecule has 5 aromatic rings. The quantitative estimate of drug-likeness (QED) is 0.0344. The Kier molecular flexibility index (Phi) is 25.7. The second kappa shape index (κ2) is 35.0. The van der Waals surface area contributed by atoms with Crippen molar-refractivity contribution in [3.05, 3.63) is 117 Å². The summed E-state index contributed by atoms with van der Waals surface area (Å²) in [6.45, 7) is 7.30. The molecule has 10 aliphatic rings. The molecule has 1 unspecified atom stereocenters. The number of benzene rings is 5. The number of nitrogens with two attached hydrogens (primary N) is 1. The molecule has 0 aromatic heterocycles. The molecule has 596 valence electrons. The minimum absolute atomic E-state index is 0.0183. The molecule has 4 aliphatic carbocycles. The van der Waals surface area contributed by atoms with Crippen LogP contribution in [-0.2, 0) is 43.1 Å². The zero-order valence-electron chi connectivity index (χ0n) is 62.0. The number of ether oxygens (including phenoxy) is 4. The number of hydrogen-bond donors (Lipinski definition) is 15. The van der Waals surface area contributed by atoms with Crippen LogP contribution in [0.3, 0.4) is 0 Å². The molecular weight excluding hydrogens is 1480 g/mol. The van der Waals surface area contributed by atoms with Gasteiger partial charge >= 0.3 is 6.03 Å². The molecule has 15 rings (SSSR count). The molecule has 15 bridgehead atoms. The van der Waals surface area contributed by atoms with Crippen LogP contribution in [-0.4, -0.2) is 150 Å². The summed E-state index contributed by atoms with van der Waals surface area (Å²) in [7, 11) is 0. The number of urea groups is 1. The number of imide groups is 1. The molecule has 0 radical (unpaired) electrons. The van der Waals surface area contributed by atoms with Gasteiger partial charge in [0.1, 0.15) is 89.5 Å². The number of rotatable bonds is 19. The van der Waals surface area contributed by atoms with E-state index < -0.39 is 198 Å². The largest absolute Gasteiger partial charge is 0.508 e. The van der Waals surface area contributed by atoms with Gasteiger partial charge in [-0.25, -0.2) is 4.79 Å². The van der Waals surface area contributed by atoms with Gasteiger partial charge in [0.25, 0.3) is 0 Å². The monoisotopic (exact) mass is 1570 g/mol. The number of unbranched alkanes of at least 4 members (excludes halogenated alkanes) is 4.